The van der Waals surface area contributed by atoms with Crippen molar-refractivity contribution in [2.45, 2.75) is 65.5 Å². The van der Waals surface area contributed by atoms with E-state index in [9.17, 15) is 14.2 Å². The molecule has 1 amide bonds. The zero-order valence-corrected chi connectivity index (χ0v) is 22.9. The highest BCUT2D eigenvalue weighted by Gasteiger charge is 2.32. The van der Waals surface area contributed by atoms with Crippen LogP contribution in [0.3, 0.4) is 0 Å². The van der Waals surface area contributed by atoms with Crippen LogP contribution < -0.4 is 20.7 Å². The number of amides is 1. The first kappa shape index (κ1) is 29.0. The van der Waals surface area contributed by atoms with E-state index in [4.69, 9.17) is 19.7 Å². The molecule has 2 heterocycles. The second-order valence-corrected chi connectivity index (χ2v) is 11.1. The molecule has 0 saturated heterocycles. The minimum absolute atomic E-state index is 0.270. The van der Waals surface area contributed by atoms with Gasteiger partial charge in [0, 0.05) is 0 Å². The van der Waals surface area contributed by atoms with Crippen LogP contribution >= 0.6 is 7.52 Å². The maximum absolute atomic E-state index is 13.8. The molecule has 3 rings (SSSR count). The number of nitrogens with zero attached hydrogens (tertiary/aromatic N) is 4. The van der Waals surface area contributed by atoms with Gasteiger partial charge in [-0.2, -0.15) is 0 Å². The molecular weight excluding hydrogens is 513 g/mol. The summed E-state index contributed by atoms with van der Waals surface area (Å²) in [5, 5.41) is 5.33. The SMILES string of the molecule is CC(C)OC(=O)[C@H](C)NC(=O)[C@H](C)N[P@](=O)(CO[C@H](C)Cn1cnc2c(N)ncnc21)Oc1ccccc1. The van der Waals surface area contributed by atoms with Crippen molar-refractivity contribution >= 4 is 36.4 Å². The minimum atomic E-state index is -3.76. The Bertz CT molecular complexity index is 1290. The number of aromatic nitrogens is 4. The first-order valence-corrected chi connectivity index (χ1v) is 13.9. The number of nitrogen functional groups attached to an aromatic ring is 1. The summed E-state index contributed by atoms with van der Waals surface area (Å²) in [6, 6.07) is 6.70. The summed E-state index contributed by atoms with van der Waals surface area (Å²) in [7, 11) is -3.76. The van der Waals surface area contributed by atoms with Gasteiger partial charge in [0.2, 0.25) is 5.91 Å². The molecule has 4 N–H and O–H groups in total. The summed E-state index contributed by atoms with van der Waals surface area (Å²) in [6.07, 6.45) is 1.83. The Balaban J connectivity index is 1.67. The second-order valence-electron chi connectivity index (χ2n) is 9.08. The van der Waals surface area contributed by atoms with Gasteiger partial charge in [0.25, 0.3) is 0 Å². The Kier molecular flexibility index (Phi) is 9.78. The topological polar surface area (TPSA) is 173 Å². The summed E-state index contributed by atoms with van der Waals surface area (Å²) in [6.45, 7) is 8.59. The first-order chi connectivity index (χ1) is 18.0. The Morgan fingerprint density at radius 3 is 2.45 bits per heavy atom. The van der Waals surface area contributed by atoms with Crippen molar-refractivity contribution in [3.63, 3.8) is 0 Å². The van der Waals surface area contributed by atoms with Crippen LogP contribution in [0.25, 0.3) is 11.2 Å². The normalized spacial score (nSPS) is 15.4. The van der Waals surface area contributed by atoms with Crippen molar-refractivity contribution in [2.24, 2.45) is 0 Å². The molecule has 14 heteroatoms. The van der Waals surface area contributed by atoms with Crippen molar-refractivity contribution in [3.05, 3.63) is 43.0 Å². The highest BCUT2D eigenvalue weighted by molar-refractivity contribution is 7.57. The fourth-order valence-corrected chi connectivity index (χ4v) is 5.21. The number of nitrogens with one attached hydrogen (secondary N) is 2. The molecule has 13 nitrogen and oxygen atoms in total. The number of ether oxygens (including phenoxy) is 2. The van der Waals surface area contributed by atoms with E-state index in [-0.39, 0.29) is 18.3 Å². The molecular formula is C24H34N7O6P. The average Bonchev–Trinajstić information content (AvgIpc) is 3.26. The van der Waals surface area contributed by atoms with Gasteiger partial charge in [0.05, 0.1) is 31.1 Å². The summed E-state index contributed by atoms with van der Waals surface area (Å²) in [4.78, 5) is 37.2. The van der Waals surface area contributed by atoms with E-state index in [1.54, 1.807) is 62.0 Å². The molecule has 0 fully saturated rings. The number of benzene rings is 1. The van der Waals surface area contributed by atoms with Gasteiger partial charge < -0.3 is 29.6 Å². The zero-order valence-electron chi connectivity index (χ0n) is 22.0. The fourth-order valence-electron chi connectivity index (χ4n) is 3.41. The molecule has 0 radical (unpaired) electrons. The lowest BCUT2D eigenvalue weighted by atomic mass is 10.3. The van der Waals surface area contributed by atoms with Crippen molar-refractivity contribution < 1.29 is 28.2 Å². The number of esters is 1. The van der Waals surface area contributed by atoms with Crippen LogP contribution in [0.1, 0.15) is 34.6 Å². The Labute approximate surface area is 221 Å². The molecule has 0 aliphatic heterocycles. The number of nitrogens with two attached hydrogens (primary N) is 1. The molecule has 0 bridgehead atoms. The summed E-state index contributed by atoms with van der Waals surface area (Å²) >= 11 is 0. The van der Waals surface area contributed by atoms with E-state index in [1.165, 1.54) is 20.2 Å². The van der Waals surface area contributed by atoms with Crippen LogP contribution in [0.2, 0.25) is 0 Å². The largest absolute Gasteiger partial charge is 0.461 e. The predicted molar refractivity (Wildman–Crippen MR) is 141 cm³/mol. The third kappa shape index (κ3) is 7.98. The number of carbonyl (C=O) groups excluding carboxylic acids is 2. The van der Waals surface area contributed by atoms with Gasteiger partial charge >= 0.3 is 13.5 Å². The predicted octanol–water partition coefficient (Wildman–Crippen LogP) is 2.48. The molecule has 0 unspecified atom stereocenters. The molecule has 206 valence electrons. The van der Waals surface area contributed by atoms with E-state index in [0.29, 0.717) is 23.5 Å². The number of fused-ring (bicyclic) bond motifs is 1. The lowest BCUT2D eigenvalue weighted by Crippen LogP contribution is -2.48. The number of anilines is 1. The van der Waals surface area contributed by atoms with E-state index >= 15 is 0 Å². The van der Waals surface area contributed by atoms with Crippen molar-refractivity contribution in [1.82, 2.24) is 29.9 Å². The van der Waals surface area contributed by atoms with E-state index in [1.807, 2.05) is 0 Å². The third-order valence-electron chi connectivity index (χ3n) is 5.26. The van der Waals surface area contributed by atoms with Crippen LogP contribution in [0.4, 0.5) is 5.82 Å². The number of hydrogen-bond acceptors (Lipinski definition) is 10. The van der Waals surface area contributed by atoms with Gasteiger partial charge in [-0.25, -0.2) is 24.8 Å². The molecule has 2 aromatic heterocycles. The standard InChI is InChI=1S/C24H34N7O6P/c1-15(2)36-24(33)18(5)29-23(32)17(4)30-38(34,37-19-9-7-6-8-10-19)14-35-16(3)11-31-13-28-20-21(25)26-12-27-22(20)31/h6-10,12-13,15-18H,11,14H2,1-5H3,(H,29,32)(H,30,34)(H2,25,26,27)/t16-,17+,18+,38+/m1/s1. The lowest BCUT2D eigenvalue weighted by Gasteiger charge is -2.26. The third-order valence-corrected chi connectivity index (χ3v) is 7.03. The summed E-state index contributed by atoms with van der Waals surface area (Å²) in [5.41, 5.74) is 6.87. The molecule has 0 saturated carbocycles. The number of imidazole rings is 1. The van der Waals surface area contributed by atoms with Gasteiger partial charge in [-0.05, 0) is 46.8 Å². The van der Waals surface area contributed by atoms with Gasteiger partial charge in [0.15, 0.2) is 11.5 Å². The zero-order chi connectivity index (χ0) is 27.9. The average molecular weight is 548 g/mol. The smallest absolute Gasteiger partial charge is 0.342 e. The van der Waals surface area contributed by atoms with Crippen LogP contribution in [0.5, 0.6) is 5.75 Å². The van der Waals surface area contributed by atoms with Crippen molar-refractivity contribution in [2.75, 3.05) is 12.1 Å². The Morgan fingerprint density at radius 1 is 1.05 bits per heavy atom. The second kappa shape index (κ2) is 12.8. The molecule has 0 spiro atoms. The maximum atomic E-state index is 13.8. The highest BCUT2D eigenvalue weighted by Crippen LogP contribution is 2.44. The van der Waals surface area contributed by atoms with Crippen molar-refractivity contribution in [3.8, 4) is 5.75 Å². The van der Waals surface area contributed by atoms with Gasteiger partial charge in [-0.15, -0.1) is 0 Å². The summed E-state index contributed by atoms with van der Waals surface area (Å²) < 4.78 is 32.4. The Morgan fingerprint density at radius 2 is 1.76 bits per heavy atom. The fraction of sp³-hybridized carbons (Fsp3) is 0.458. The quantitative estimate of drug-likeness (QED) is 0.212. The van der Waals surface area contributed by atoms with Crippen LogP contribution in [0.15, 0.2) is 43.0 Å². The lowest BCUT2D eigenvalue weighted by molar-refractivity contribution is -0.151. The molecule has 1 aromatic carbocycles. The van der Waals surface area contributed by atoms with Crippen LogP contribution in [-0.4, -0.2) is 62.0 Å². The first-order valence-electron chi connectivity index (χ1n) is 12.1. The summed E-state index contributed by atoms with van der Waals surface area (Å²) in [5.74, 6) is -0.508. The van der Waals surface area contributed by atoms with Gasteiger partial charge in [-0.1, -0.05) is 18.2 Å². The van der Waals surface area contributed by atoms with Gasteiger partial charge in [0.1, 0.15) is 30.0 Å². The van der Waals surface area contributed by atoms with Crippen molar-refractivity contribution in [1.29, 1.82) is 0 Å². The van der Waals surface area contributed by atoms with Gasteiger partial charge in [-0.3, -0.25) is 9.36 Å². The number of hydrogen-bond donors (Lipinski definition) is 3. The maximum Gasteiger partial charge on any atom is 0.342 e. The molecule has 0 aliphatic carbocycles. The van der Waals surface area contributed by atoms with Crippen LogP contribution in [0, 0.1) is 0 Å². The number of para-hydroxylation sites is 1. The molecule has 38 heavy (non-hydrogen) atoms. The van der Waals surface area contributed by atoms with E-state index in [2.05, 4.69) is 25.4 Å². The highest BCUT2D eigenvalue weighted by atomic mass is 31.2. The number of carbonyl (C=O) groups is 2. The van der Waals surface area contributed by atoms with E-state index < -0.39 is 37.6 Å². The molecule has 3 aromatic rings. The Hall–Kier alpha value is -3.54. The van der Waals surface area contributed by atoms with E-state index in [0.717, 1.165) is 0 Å². The monoisotopic (exact) mass is 547 g/mol. The minimum Gasteiger partial charge on any atom is -0.461 e. The molecule has 0 aliphatic rings. The van der Waals surface area contributed by atoms with Crippen LogP contribution in [-0.2, 0) is 30.2 Å². The molecule has 4 atom stereocenters. The number of rotatable bonds is 13.